The highest BCUT2D eigenvalue weighted by atomic mass is 16.3. The van der Waals surface area contributed by atoms with Gasteiger partial charge in [0.05, 0.1) is 5.60 Å². The zero-order valence-corrected chi connectivity index (χ0v) is 8.22. The standard InChI is InChI=1S/C10H19NO/c1-8(2)6-10(12)5-4-9(3)11-7-10/h6,9,11-12H,4-5,7H2,1-3H3. The highest BCUT2D eigenvalue weighted by Gasteiger charge is 2.28. The molecule has 1 saturated heterocycles. The second kappa shape index (κ2) is 3.58. The van der Waals surface area contributed by atoms with Crippen molar-refractivity contribution in [2.45, 2.75) is 45.3 Å². The lowest BCUT2D eigenvalue weighted by Gasteiger charge is -2.33. The maximum absolute atomic E-state index is 10.0. The monoisotopic (exact) mass is 169 g/mol. The van der Waals surface area contributed by atoms with Gasteiger partial charge in [-0.3, -0.25) is 0 Å². The van der Waals surface area contributed by atoms with Crippen molar-refractivity contribution < 1.29 is 5.11 Å². The summed E-state index contributed by atoms with van der Waals surface area (Å²) < 4.78 is 0. The number of rotatable bonds is 1. The first kappa shape index (κ1) is 9.75. The lowest BCUT2D eigenvalue weighted by molar-refractivity contribution is 0.0531. The Kier molecular flexibility index (Phi) is 2.91. The summed E-state index contributed by atoms with van der Waals surface area (Å²) in [6.07, 6.45) is 3.90. The molecule has 0 aromatic rings. The van der Waals surface area contributed by atoms with Crippen LogP contribution in [0, 0.1) is 0 Å². The molecule has 0 aromatic heterocycles. The van der Waals surface area contributed by atoms with Gasteiger partial charge in [0.2, 0.25) is 0 Å². The number of β-amino-alcohol motifs (C(OH)–C–C–N with tert-alkyl or cyclic N) is 1. The first-order valence-corrected chi connectivity index (χ1v) is 4.64. The second-order valence-electron chi connectivity index (χ2n) is 4.15. The number of hydrogen-bond donors (Lipinski definition) is 2. The van der Waals surface area contributed by atoms with Crippen LogP contribution < -0.4 is 5.32 Å². The fourth-order valence-corrected chi connectivity index (χ4v) is 1.67. The average molecular weight is 169 g/mol. The van der Waals surface area contributed by atoms with Gasteiger partial charge in [-0.2, -0.15) is 0 Å². The first-order chi connectivity index (χ1) is 5.52. The van der Waals surface area contributed by atoms with Crippen molar-refractivity contribution in [1.29, 1.82) is 0 Å². The molecule has 2 heteroatoms. The lowest BCUT2D eigenvalue weighted by Crippen LogP contribution is -2.48. The highest BCUT2D eigenvalue weighted by molar-refractivity contribution is 5.09. The van der Waals surface area contributed by atoms with Crippen LogP contribution in [-0.4, -0.2) is 23.3 Å². The molecule has 0 radical (unpaired) electrons. The summed E-state index contributed by atoms with van der Waals surface area (Å²) in [5, 5.41) is 13.3. The Balaban J connectivity index is 2.56. The van der Waals surface area contributed by atoms with Crippen LogP contribution in [0.5, 0.6) is 0 Å². The van der Waals surface area contributed by atoms with Crippen LogP contribution >= 0.6 is 0 Å². The van der Waals surface area contributed by atoms with Crippen molar-refractivity contribution in [2.75, 3.05) is 6.54 Å². The molecule has 2 unspecified atom stereocenters. The van der Waals surface area contributed by atoms with E-state index in [4.69, 9.17) is 0 Å². The van der Waals surface area contributed by atoms with Crippen LogP contribution in [0.25, 0.3) is 0 Å². The van der Waals surface area contributed by atoms with Gasteiger partial charge in [0.25, 0.3) is 0 Å². The van der Waals surface area contributed by atoms with E-state index in [1.54, 1.807) is 0 Å². The zero-order chi connectivity index (χ0) is 9.19. The maximum Gasteiger partial charge on any atom is 0.0954 e. The number of allylic oxidation sites excluding steroid dienone is 1. The fourth-order valence-electron chi connectivity index (χ4n) is 1.67. The van der Waals surface area contributed by atoms with Gasteiger partial charge in [0, 0.05) is 12.6 Å². The molecule has 1 rings (SSSR count). The summed E-state index contributed by atoms with van der Waals surface area (Å²) in [5.74, 6) is 0. The Hall–Kier alpha value is -0.340. The van der Waals surface area contributed by atoms with Gasteiger partial charge in [-0.1, -0.05) is 11.6 Å². The molecule has 1 heterocycles. The third-order valence-electron chi connectivity index (χ3n) is 2.32. The van der Waals surface area contributed by atoms with Crippen LogP contribution in [0.1, 0.15) is 33.6 Å². The molecule has 2 N–H and O–H groups in total. The lowest BCUT2D eigenvalue weighted by atomic mass is 9.89. The Morgan fingerprint density at radius 2 is 2.25 bits per heavy atom. The van der Waals surface area contributed by atoms with Crippen molar-refractivity contribution >= 4 is 0 Å². The Morgan fingerprint density at radius 3 is 2.67 bits per heavy atom. The summed E-state index contributed by atoms with van der Waals surface area (Å²) in [6, 6.07) is 0.552. The van der Waals surface area contributed by atoms with Crippen molar-refractivity contribution in [3.63, 3.8) is 0 Å². The highest BCUT2D eigenvalue weighted by Crippen LogP contribution is 2.21. The topological polar surface area (TPSA) is 32.3 Å². The smallest absolute Gasteiger partial charge is 0.0954 e. The fraction of sp³-hybridized carbons (Fsp3) is 0.800. The van der Waals surface area contributed by atoms with E-state index in [2.05, 4.69) is 12.2 Å². The van der Waals surface area contributed by atoms with Gasteiger partial charge in [0.15, 0.2) is 0 Å². The number of piperidine rings is 1. The molecule has 0 aliphatic carbocycles. The molecule has 1 fully saturated rings. The van der Waals surface area contributed by atoms with Crippen molar-refractivity contribution in [3.8, 4) is 0 Å². The van der Waals surface area contributed by atoms with E-state index >= 15 is 0 Å². The summed E-state index contributed by atoms with van der Waals surface area (Å²) in [6.45, 7) is 6.90. The van der Waals surface area contributed by atoms with Crippen LogP contribution in [-0.2, 0) is 0 Å². The second-order valence-corrected chi connectivity index (χ2v) is 4.15. The van der Waals surface area contributed by atoms with E-state index in [9.17, 15) is 5.11 Å². The third-order valence-corrected chi connectivity index (χ3v) is 2.32. The molecule has 0 amide bonds. The number of hydrogen-bond acceptors (Lipinski definition) is 2. The Morgan fingerprint density at radius 1 is 1.58 bits per heavy atom. The summed E-state index contributed by atoms with van der Waals surface area (Å²) in [7, 11) is 0. The summed E-state index contributed by atoms with van der Waals surface area (Å²) in [4.78, 5) is 0. The van der Waals surface area contributed by atoms with Gasteiger partial charge in [0.1, 0.15) is 0 Å². The maximum atomic E-state index is 10.0. The normalized spacial score (nSPS) is 36.2. The molecule has 2 atom stereocenters. The Labute approximate surface area is 74.7 Å². The molecule has 2 nitrogen and oxygen atoms in total. The van der Waals surface area contributed by atoms with Gasteiger partial charge in [-0.15, -0.1) is 0 Å². The largest absolute Gasteiger partial charge is 0.384 e. The third kappa shape index (κ3) is 2.61. The predicted octanol–water partition coefficient (Wildman–Crippen LogP) is 1.46. The molecule has 0 aromatic carbocycles. The average Bonchev–Trinajstić information content (AvgIpc) is 1.94. The Bertz CT molecular complexity index is 174. The van der Waals surface area contributed by atoms with E-state index in [1.807, 2.05) is 19.9 Å². The number of nitrogens with one attached hydrogen (secondary N) is 1. The minimum Gasteiger partial charge on any atom is -0.384 e. The van der Waals surface area contributed by atoms with Gasteiger partial charge < -0.3 is 10.4 Å². The van der Waals surface area contributed by atoms with Gasteiger partial charge in [-0.05, 0) is 33.6 Å². The SMILES string of the molecule is CC(C)=CC1(O)CCC(C)NC1. The molecule has 70 valence electrons. The molecule has 0 saturated carbocycles. The number of aliphatic hydroxyl groups is 1. The molecule has 0 spiro atoms. The molecular weight excluding hydrogens is 150 g/mol. The molecule has 12 heavy (non-hydrogen) atoms. The van der Waals surface area contributed by atoms with E-state index in [-0.39, 0.29) is 0 Å². The van der Waals surface area contributed by atoms with Gasteiger partial charge in [-0.25, -0.2) is 0 Å². The van der Waals surface area contributed by atoms with Crippen molar-refractivity contribution in [3.05, 3.63) is 11.6 Å². The molecular formula is C10H19NO. The summed E-state index contributed by atoms with van der Waals surface area (Å²) >= 11 is 0. The molecule has 1 aliphatic rings. The first-order valence-electron chi connectivity index (χ1n) is 4.64. The summed E-state index contributed by atoms with van der Waals surface area (Å²) in [5.41, 5.74) is 0.597. The van der Waals surface area contributed by atoms with Crippen LogP contribution in [0.2, 0.25) is 0 Å². The van der Waals surface area contributed by atoms with Crippen LogP contribution in [0.4, 0.5) is 0 Å². The van der Waals surface area contributed by atoms with Crippen molar-refractivity contribution in [2.24, 2.45) is 0 Å². The molecule has 1 aliphatic heterocycles. The van der Waals surface area contributed by atoms with E-state index in [0.717, 1.165) is 12.8 Å². The van der Waals surface area contributed by atoms with Crippen molar-refractivity contribution in [1.82, 2.24) is 5.32 Å². The quantitative estimate of drug-likeness (QED) is 0.582. The van der Waals surface area contributed by atoms with Crippen LogP contribution in [0.3, 0.4) is 0 Å². The van der Waals surface area contributed by atoms with E-state index in [1.165, 1.54) is 5.57 Å². The molecule has 0 bridgehead atoms. The minimum absolute atomic E-state index is 0.552. The van der Waals surface area contributed by atoms with Gasteiger partial charge >= 0.3 is 0 Å². The minimum atomic E-state index is -0.592. The van der Waals surface area contributed by atoms with Crippen LogP contribution in [0.15, 0.2) is 11.6 Å². The van der Waals surface area contributed by atoms with E-state index in [0.29, 0.717) is 12.6 Å². The predicted molar refractivity (Wildman–Crippen MR) is 51.1 cm³/mol. The van der Waals surface area contributed by atoms with E-state index < -0.39 is 5.60 Å². The zero-order valence-electron chi connectivity index (χ0n) is 8.22.